The predicted molar refractivity (Wildman–Crippen MR) is 135 cm³/mol. The Bertz CT molecular complexity index is 1180. The van der Waals surface area contributed by atoms with Crippen molar-refractivity contribution in [2.75, 3.05) is 29.9 Å². The van der Waals surface area contributed by atoms with Crippen LogP contribution >= 0.6 is 11.3 Å². The van der Waals surface area contributed by atoms with Gasteiger partial charge in [0.2, 0.25) is 0 Å². The van der Waals surface area contributed by atoms with E-state index in [4.69, 9.17) is 0 Å². The third-order valence-corrected chi connectivity index (χ3v) is 8.47. The van der Waals surface area contributed by atoms with Gasteiger partial charge in [-0.1, -0.05) is 13.8 Å². The summed E-state index contributed by atoms with van der Waals surface area (Å²) in [4.78, 5) is 35.6. The average molecular weight is 582 g/mol. The Balaban J connectivity index is 0.00000195. The number of alkyl halides is 5. The second-order valence-electron chi connectivity index (χ2n) is 8.56. The molecule has 4 heterocycles. The van der Waals surface area contributed by atoms with Crippen LogP contribution < -0.4 is 10.6 Å². The lowest BCUT2D eigenvalue weighted by Gasteiger charge is -2.25. The highest BCUT2D eigenvalue weighted by Gasteiger charge is 2.34. The first-order chi connectivity index (χ1) is 17.9. The van der Waals surface area contributed by atoms with Gasteiger partial charge in [-0.15, -0.1) is 11.3 Å². The molecule has 2 aliphatic heterocycles. The van der Waals surface area contributed by atoms with Crippen LogP contribution in [0, 0.1) is 0 Å². The van der Waals surface area contributed by atoms with Crippen LogP contribution in [0.2, 0.25) is 0 Å². The summed E-state index contributed by atoms with van der Waals surface area (Å²) in [6, 6.07) is 0.360. The third-order valence-electron chi connectivity index (χ3n) is 5.83. The normalized spacial score (nSPS) is 21.0. The second-order valence-corrected chi connectivity index (χ2v) is 11.1. The van der Waals surface area contributed by atoms with Crippen LogP contribution in [0.1, 0.15) is 65.9 Å². The van der Waals surface area contributed by atoms with Crippen molar-refractivity contribution in [1.82, 2.24) is 20.2 Å². The number of aromatic nitrogens is 2. The number of likely N-dealkylation sites (tertiary alicyclic amines) is 1. The summed E-state index contributed by atoms with van der Waals surface area (Å²) in [5, 5.41) is 4.48. The van der Waals surface area contributed by atoms with Gasteiger partial charge in [-0.25, -0.2) is 18.7 Å². The van der Waals surface area contributed by atoms with Gasteiger partial charge in [0.15, 0.2) is 5.01 Å². The Morgan fingerprint density at radius 2 is 1.95 bits per heavy atom. The van der Waals surface area contributed by atoms with Crippen LogP contribution in [0.25, 0.3) is 10.4 Å². The zero-order valence-electron chi connectivity index (χ0n) is 20.9. The largest absolute Gasteiger partial charge is 0.405 e. The van der Waals surface area contributed by atoms with Gasteiger partial charge >= 0.3 is 6.18 Å². The Labute approximate surface area is 222 Å². The van der Waals surface area contributed by atoms with E-state index in [9.17, 15) is 35.8 Å². The molecule has 0 bridgehead atoms. The van der Waals surface area contributed by atoms with E-state index < -0.39 is 53.1 Å². The number of rotatable bonds is 7. The number of halogens is 5. The van der Waals surface area contributed by atoms with E-state index in [-0.39, 0.29) is 44.7 Å². The van der Waals surface area contributed by atoms with Gasteiger partial charge in [0.1, 0.15) is 18.1 Å². The number of carbonyl (C=O) groups excluding carboxylic acids is 2. The lowest BCUT2D eigenvalue weighted by molar-refractivity contribution is -0.115. The highest BCUT2D eigenvalue weighted by molar-refractivity contribution is 7.86. The molecule has 0 aliphatic carbocycles. The van der Waals surface area contributed by atoms with Crippen molar-refractivity contribution in [3.63, 3.8) is 0 Å². The predicted octanol–water partition coefficient (Wildman–Crippen LogP) is 4.63. The van der Waals surface area contributed by atoms with E-state index in [2.05, 4.69) is 15.3 Å². The van der Waals surface area contributed by atoms with Crippen molar-refractivity contribution in [3.8, 4) is 10.4 Å². The minimum absolute atomic E-state index is 0.0217. The number of thiazole rings is 1. The summed E-state index contributed by atoms with van der Waals surface area (Å²) >= 11 is 0.721. The molecular formula is C23H28F5N5O3S2. The van der Waals surface area contributed by atoms with E-state index in [1.165, 1.54) is 0 Å². The van der Waals surface area contributed by atoms with E-state index in [1.807, 2.05) is 26.1 Å². The molecule has 15 heteroatoms. The number of hydrogen-bond acceptors (Lipinski definition) is 7. The average Bonchev–Trinajstić information content (AvgIpc) is 3.48. The lowest BCUT2D eigenvalue weighted by Crippen LogP contribution is -2.50. The van der Waals surface area contributed by atoms with Crippen molar-refractivity contribution >= 4 is 39.8 Å². The van der Waals surface area contributed by atoms with Gasteiger partial charge in [-0.05, 0) is 25.8 Å². The van der Waals surface area contributed by atoms with Crippen molar-refractivity contribution < 1.29 is 35.8 Å². The summed E-state index contributed by atoms with van der Waals surface area (Å²) in [7, 11) is -1.02. The molecular weight excluding hydrogens is 553 g/mol. The highest BCUT2D eigenvalue weighted by atomic mass is 32.2. The fraction of sp³-hybridized carbons (Fsp3) is 0.565. The molecule has 2 aromatic heterocycles. The fourth-order valence-corrected chi connectivity index (χ4v) is 5.93. The first-order valence-electron chi connectivity index (χ1n) is 12.0. The number of pyridine rings is 1. The molecule has 2 amide bonds. The van der Waals surface area contributed by atoms with E-state index in [1.54, 1.807) is 4.90 Å². The number of anilines is 1. The fourth-order valence-electron chi connectivity index (χ4n) is 3.97. The minimum atomic E-state index is -4.58. The van der Waals surface area contributed by atoms with Crippen molar-refractivity contribution in [1.29, 1.82) is 0 Å². The molecule has 2 saturated heterocycles. The molecule has 1 unspecified atom stereocenters. The zero-order chi connectivity index (χ0) is 28.2. The molecule has 0 saturated carbocycles. The molecule has 2 aromatic rings. The standard InChI is InChI=1S/C21H22F5N5O3S2.C2H6/c1-10-3-2-4-31(10)20(33)15-16(35-19(30-15)18(32)29-11-7-36(34)8-11)13-6-27-14(5-12(13)17(22)23)28-9-21(24,25)26;1-2/h5-6,10-11,17H,2-4,7-9H2,1H3,(H,27,28)(H,29,32);1-2H3. The Morgan fingerprint density at radius 3 is 2.50 bits per heavy atom. The topological polar surface area (TPSA) is 104 Å². The second kappa shape index (κ2) is 12.5. The molecule has 0 spiro atoms. The van der Waals surface area contributed by atoms with Gasteiger partial charge in [-0.3, -0.25) is 13.8 Å². The number of nitrogens with zero attached hydrogens (tertiary/aromatic N) is 3. The van der Waals surface area contributed by atoms with Crippen molar-refractivity contribution in [2.45, 2.75) is 58.3 Å². The van der Waals surface area contributed by atoms with Crippen LogP contribution in [0.15, 0.2) is 12.3 Å². The van der Waals surface area contributed by atoms with Crippen LogP contribution in [0.4, 0.5) is 27.8 Å². The maximum atomic E-state index is 14.0. The van der Waals surface area contributed by atoms with Gasteiger partial charge in [-0.2, -0.15) is 13.2 Å². The number of hydrogen-bond donors (Lipinski definition) is 2. The molecule has 0 aromatic carbocycles. The molecule has 2 N–H and O–H groups in total. The van der Waals surface area contributed by atoms with Crippen LogP contribution in [0.5, 0.6) is 0 Å². The van der Waals surface area contributed by atoms with Crippen LogP contribution in [0.3, 0.4) is 0 Å². The summed E-state index contributed by atoms with van der Waals surface area (Å²) in [6.45, 7) is 4.82. The first kappa shape index (κ1) is 29.9. The quantitative estimate of drug-likeness (QED) is 0.463. The molecule has 8 nitrogen and oxygen atoms in total. The Hall–Kier alpha value is -2.68. The van der Waals surface area contributed by atoms with E-state index in [0.29, 0.717) is 6.54 Å². The molecule has 1 atom stereocenters. The zero-order valence-corrected chi connectivity index (χ0v) is 22.5. The summed E-state index contributed by atoms with van der Waals surface area (Å²) in [5.74, 6) is -1.01. The lowest BCUT2D eigenvalue weighted by atomic mass is 10.1. The van der Waals surface area contributed by atoms with Gasteiger partial charge < -0.3 is 15.5 Å². The molecule has 4 rings (SSSR count). The first-order valence-corrected chi connectivity index (χ1v) is 14.3. The molecule has 2 aliphatic rings. The number of carbonyl (C=O) groups is 2. The van der Waals surface area contributed by atoms with Crippen molar-refractivity contribution in [3.05, 3.63) is 28.5 Å². The highest BCUT2D eigenvalue weighted by Crippen LogP contribution is 2.39. The van der Waals surface area contributed by atoms with Crippen molar-refractivity contribution in [2.24, 2.45) is 0 Å². The summed E-state index contributed by atoms with van der Waals surface area (Å²) in [6.07, 6.45) is -5.23. The minimum Gasteiger partial charge on any atom is -0.361 e. The summed E-state index contributed by atoms with van der Waals surface area (Å²) in [5.41, 5.74) is -1.04. The van der Waals surface area contributed by atoms with Gasteiger partial charge in [0.25, 0.3) is 18.2 Å². The molecule has 0 radical (unpaired) electrons. The van der Waals surface area contributed by atoms with E-state index in [0.717, 1.165) is 36.4 Å². The van der Waals surface area contributed by atoms with Crippen LogP contribution in [-0.4, -0.2) is 73.7 Å². The van der Waals surface area contributed by atoms with Gasteiger partial charge in [0, 0.05) is 52.2 Å². The SMILES string of the molecule is CC.CC1CCCN1C(=O)c1nc(C(=O)NC2CS(=O)C2)sc1-c1cnc(NCC(F)(F)F)cc1C(F)F. The number of nitrogens with one attached hydrogen (secondary N) is 2. The Kier molecular flexibility index (Phi) is 9.79. The maximum absolute atomic E-state index is 14.0. The van der Waals surface area contributed by atoms with Gasteiger partial charge in [0.05, 0.1) is 10.9 Å². The Morgan fingerprint density at radius 1 is 1.26 bits per heavy atom. The maximum Gasteiger partial charge on any atom is 0.405 e. The molecule has 38 heavy (non-hydrogen) atoms. The summed E-state index contributed by atoms with van der Waals surface area (Å²) < 4.78 is 76.9. The number of amides is 2. The third kappa shape index (κ3) is 7.04. The van der Waals surface area contributed by atoms with Crippen LogP contribution in [-0.2, 0) is 10.8 Å². The van der Waals surface area contributed by atoms with E-state index >= 15 is 0 Å². The smallest absolute Gasteiger partial charge is 0.361 e. The molecule has 2 fully saturated rings. The molecule has 210 valence electrons. The monoisotopic (exact) mass is 581 g/mol.